The topological polar surface area (TPSA) is 29.1 Å². The highest BCUT2D eigenvalue weighted by molar-refractivity contribution is 5.80. The smallest absolute Gasteiger partial charge is 0.221 e. The minimum atomic E-state index is -0.254. The van der Waals surface area contributed by atoms with Crippen LogP contribution in [0.15, 0.2) is 24.3 Å². The van der Waals surface area contributed by atoms with E-state index in [-0.39, 0.29) is 22.7 Å². The van der Waals surface area contributed by atoms with Crippen LogP contribution in [0.4, 0.5) is 4.39 Å². The van der Waals surface area contributed by atoms with E-state index >= 15 is 0 Å². The van der Waals surface area contributed by atoms with Gasteiger partial charge in [-0.3, -0.25) is 4.79 Å². The van der Waals surface area contributed by atoms with Gasteiger partial charge in [-0.05, 0) is 38.0 Å². The zero-order valence-electron chi connectivity index (χ0n) is 10.5. The van der Waals surface area contributed by atoms with Crippen LogP contribution in [0.2, 0.25) is 0 Å². The van der Waals surface area contributed by atoms with Gasteiger partial charge in [0.15, 0.2) is 0 Å². The summed E-state index contributed by atoms with van der Waals surface area (Å²) in [6, 6.07) is 6.61. The van der Waals surface area contributed by atoms with Crippen LogP contribution in [-0.4, -0.2) is 11.4 Å². The molecule has 92 valence electrons. The van der Waals surface area contributed by atoms with Gasteiger partial charge in [-0.1, -0.05) is 19.1 Å². The number of carbonyl (C=O) groups is 1. The summed E-state index contributed by atoms with van der Waals surface area (Å²) in [5.74, 6) is -0.143. The van der Waals surface area contributed by atoms with Gasteiger partial charge in [0.1, 0.15) is 5.82 Å². The largest absolute Gasteiger partial charge is 0.351 e. The second-order valence-corrected chi connectivity index (χ2v) is 5.72. The molecule has 0 radical (unpaired) electrons. The Labute approximate surface area is 101 Å². The van der Waals surface area contributed by atoms with Crippen LogP contribution < -0.4 is 5.32 Å². The average Bonchev–Trinajstić information content (AvgIpc) is 2.34. The van der Waals surface area contributed by atoms with Crippen LogP contribution in [0.5, 0.6) is 0 Å². The monoisotopic (exact) mass is 235 g/mol. The quantitative estimate of drug-likeness (QED) is 0.839. The average molecular weight is 235 g/mol. The number of nitrogens with one attached hydrogen (secondary N) is 1. The van der Waals surface area contributed by atoms with E-state index in [0.29, 0.717) is 12.8 Å². The molecule has 17 heavy (non-hydrogen) atoms. The lowest BCUT2D eigenvalue weighted by Gasteiger charge is -2.37. The maximum atomic E-state index is 13.2. The Morgan fingerprint density at radius 2 is 2.06 bits per heavy atom. The molecule has 1 fully saturated rings. The molecule has 1 aromatic rings. The number of carbonyl (C=O) groups excluding carboxylic acids is 1. The van der Waals surface area contributed by atoms with Gasteiger partial charge in [0.2, 0.25) is 5.91 Å². The van der Waals surface area contributed by atoms with E-state index in [1.165, 1.54) is 6.07 Å². The molecular formula is C14H18FNO. The van der Waals surface area contributed by atoms with Gasteiger partial charge in [0.05, 0.1) is 0 Å². The van der Waals surface area contributed by atoms with Crippen LogP contribution in [0.25, 0.3) is 0 Å². The molecule has 2 nitrogen and oxygen atoms in total. The summed E-state index contributed by atoms with van der Waals surface area (Å²) >= 11 is 0. The van der Waals surface area contributed by atoms with Gasteiger partial charge in [-0.2, -0.15) is 0 Å². The molecular weight excluding hydrogens is 217 g/mol. The molecule has 2 rings (SSSR count). The maximum absolute atomic E-state index is 13.2. The Morgan fingerprint density at radius 3 is 2.59 bits per heavy atom. The van der Waals surface area contributed by atoms with Gasteiger partial charge >= 0.3 is 0 Å². The fourth-order valence-electron chi connectivity index (χ4n) is 2.50. The Kier molecular flexibility index (Phi) is 2.72. The van der Waals surface area contributed by atoms with Crippen molar-refractivity contribution in [3.8, 4) is 0 Å². The van der Waals surface area contributed by atoms with Crippen molar-refractivity contribution in [2.45, 2.75) is 39.2 Å². The van der Waals surface area contributed by atoms with Crippen molar-refractivity contribution in [2.75, 3.05) is 0 Å². The first-order valence-electron chi connectivity index (χ1n) is 5.88. The van der Waals surface area contributed by atoms with Crippen molar-refractivity contribution in [3.05, 3.63) is 35.6 Å². The zero-order valence-corrected chi connectivity index (χ0v) is 10.5. The number of hydrogen-bond acceptors (Lipinski definition) is 1. The van der Waals surface area contributed by atoms with Crippen LogP contribution in [0.3, 0.4) is 0 Å². The van der Waals surface area contributed by atoms with Gasteiger partial charge in [0, 0.05) is 17.4 Å². The van der Waals surface area contributed by atoms with E-state index < -0.39 is 0 Å². The Hall–Kier alpha value is -1.38. The third-order valence-corrected chi connectivity index (χ3v) is 3.99. The number of hydrogen-bond donors (Lipinski definition) is 1. The van der Waals surface area contributed by atoms with Crippen molar-refractivity contribution in [1.29, 1.82) is 0 Å². The molecule has 0 aliphatic carbocycles. The third-order valence-electron chi connectivity index (χ3n) is 3.99. The minimum absolute atomic E-state index is 0.0777. The fraction of sp³-hybridized carbons (Fsp3) is 0.500. The third kappa shape index (κ3) is 2.19. The first-order chi connectivity index (χ1) is 7.82. The maximum Gasteiger partial charge on any atom is 0.221 e. The van der Waals surface area contributed by atoms with E-state index in [9.17, 15) is 9.18 Å². The predicted molar refractivity (Wildman–Crippen MR) is 65.0 cm³/mol. The predicted octanol–water partition coefficient (Wildman–Crippen LogP) is 2.67. The van der Waals surface area contributed by atoms with Crippen molar-refractivity contribution >= 4 is 5.91 Å². The van der Waals surface area contributed by atoms with Crippen LogP contribution in [0, 0.1) is 11.2 Å². The molecule has 0 bridgehead atoms. The highest BCUT2D eigenvalue weighted by Crippen LogP contribution is 2.42. The van der Waals surface area contributed by atoms with Crippen LogP contribution >= 0.6 is 0 Å². The zero-order chi connectivity index (χ0) is 12.7. The fourth-order valence-corrected chi connectivity index (χ4v) is 2.50. The summed E-state index contributed by atoms with van der Waals surface area (Å²) in [5, 5.41) is 2.99. The summed E-state index contributed by atoms with van der Waals surface area (Å²) in [5.41, 5.74) is 0.519. The summed E-state index contributed by atoms with van der Waals surface area (Å²) in [6.07, 6.45) is 1.20. The standard InChI is InChI=1S/C14H18FNO/c1-13(2)14(3,9-12(17)16-13)8-10-5-4-6-11(15)7-10/h4-7H,8-9H2,1-3H3,(H,16,17). The van der Waals surface area contributed by atoms with Crippen molar-refractivity contribution in [1.82, 2.24) is 5.32 Å². The SMILES string of the molecule is CC1(Cc2cccc(F)c2)CC(=O)NC1(C)C. The summed E-state index contributed by atoms with van der Waals surface area (Å²) in [7, 11) is 0. The molecule has 0 aromatic heterocycles. The van der Waals surface area contributed by atoms with Crippen LogP contribution in [0.1, 0.15) is 32.8 Å². The van der Waals surface area contributed by atoms with Gasteiger partial charge in [-0.25, -0.2) is 4.39 Å². The summed E-state index contributed by atoms with van der Waals surface area (Å²) < 4.78 is 13.2. The molecule has 1 aliphatic heterocycles. The summed E-state index contributed by atoms with van der Waals surface area (Å²) in [4.78, 5) is 11.5. The first kappa shape index (κ1) is 12.1. The number of rotatable bonds is 2. The molecule has 1 heterocycles. The summed E-state index contributed by atoms with van der Waals surface area (Å²) in [6.45, 7) is 6.13. The molecule has 1 saturated heterocycles. The lowest BCUT2D eigenvalue weighted by atomic mass is 9.70. The van der Waals surface area contributed by atoms with Gasteiger partial charge in [0.25, 0.3) is 0 Å². The van der Waals surface area contributed by atoms with E-state index in [1.54, 1.807) is 12.1 Å². The number of amides is 1. The second kappa shape index (κ2) is 3.83. The molecule has 1 atom stereocenters. The first-order valence-corrected chi connectivity index (χ1v) is 5.88. The number of halogens is 1. The molecule has 3 heteroatoms. The van der Waals surface area contributed by atoms with E-state index in [0.717, 1.165) is 5.56 Å². The van der Waals surface area contributed by atoms with E-state index in [4.69, 9.17) is 0 Å². The number of benzene rings is 1. The second-order valence-electron chi connectivity index (χ2n) is 5.72. The molecule has 1 N–H and O–H groups in total. The van der Waals surface area contributed by atoms with E-state index in [2.05, 4.69) is 12.2 Å². The Morgan fingerprint density at radius 1 is 1.35 bits per heavy atom. The van der Waals surface area contributed by atoms with Gasteiger partial charge < -0.3 is 5.32 Å². The van der Waals surface area contributed by atoms with Crippen molar-refractivity contribution in [3.63, 3.8) is 0 Å². The van der Waals surface area contributed by atoms with Crippen molar-refractivity contribution < 1.29 is 9.18 Å². The lowest BCUT2D eigenvalue weighted by Crippen LogP contribution is -2.46. The highest BCUT2D eigenvalue weighted by Gasteiger charge is 2.48. The lowest BCUT2D eigenvalue weighted by molar-refractivity contribution is -0.119. The molecule has 1 aliphatic rings. The Bertz CT molecular complexity index is 455. The molecule has 1 amide bonds. The molecule has 1 aromatic carbocycles. The van der Waals surface area contributed by atoms with E-state index in [1.807, 2.05) is 19.9 Å². The van der Waals surface area contributed by atoms with Gasteiger partial charge in [-0.15, -0.1) is 0 Å². The Balaban J connectivity index is 2.26. The normalized spacial score (nSPS) is 26.9. The highest BCUT2D eigenvalue weighted by atomic mass is 19.1. The molecule has 0 saturated carbocycles. The minimum Gasteiger partial charge on any atom is -0.351 e. The molecule has 0 spiro atoms. The van der Waals surface area contributed by atoms with Crippen LogP contribution in [-0.2, 0) is 11.2 Å². The molecule has 1 unspecified atom stereocenters. The van der Waals surface area contributed by atoms with Crippen molar-refractivity contribution in [2.24, 2.45) is 5.41 Å².